The second-order valence-electron chi connectivity index (χ2n) is 6.26. The molecule has 0 saturated heterocycles. The van der Waals surface area contributed by atoms with Crippen LogP contribution in [-0.4, -0.2) is 21.3 Å². The van der Waals surface area contributed by atoms with Gasteiger partial charge in [0, 0.05) is 36.4 Å². The minimum Gasteiger partial charge on any atom is -0.312 e. The van der Waals surface area contributed by atoms with Gasteiger partial charge in [-0.1, -0.05) is 19.3 Å². The summed E-state index contributed by atoms with van der Waals surface area (Å²) in [5.74, 6) is 0.662. The SMILES string of the molecule is Cc1csc(-n2nc(C3CCCCC3)c3c2CCNC3)n1. The molecule has 2 aromatic rings. The van der Waals surface area contributed by atoms with Gasteiger partial charge in [0.05, 0.1) is 17.1 Å². The second kappa shape index (κ2) is 5.54. The average Bonchev–Trinajstić information content (AvgIpc) is 3.12. The first-order valence-electron chi connectivity index (χ1n) is 8.07. The molecule has 1 N–H and O–H groups in total. The lowest BCUT2D eigenvalue weighted by molar-refractivity contribution is 0.432. The highest BCUT2D eigenvalue weighted by Gasteiger charge is 2.28. The number of nitrogens with one attached hydrogen (secondary N) is 1. The fraction of sp³-hybridized carbons (Fsp3) is 0.625. The lowest BCUT2D eigenvalue weighted by atomic mass is 9.85. The average molecular weight is 302 g/mol. The van der Waals surface area contributed by atoms with Crippen molar-refractivity contribution in [1.82, 2.24) is 20.1 Å². The van der Waals surface area contributed by atoms with Crippen molar-refractivity contribution in [2.45, 2.75) is 57.9 Å². The van der Waals surface area contributed by atoms with Crippen LogP contribution in [0.15, 0.2) is 5.38 Å². The number of hydrogen-bond acceptors (Lipinski definition) is 4. The molecule has 1 saturated carbocycles. The number of nitrogens with zero attached hydrogens (tertiary/aromatic N) is 3. The summed E-state index contributed by atoms with van der Waals surface area (Å²) in [5.41, 5.74) is 5.29. The summed E-state index contributed by atoms with van der Waals surface area (Å²) in [6.45, 7) is 4.08. The molecule has 4 nitrogen and oxygen atoms in total. The van der Waals surface area contributed by atoms with E-state index in [1.165, 1.54) is 49.1 Å². The van der Waals surface area contributed by atoms with Gasteiger partial charge in [0.1, 0.15) is 0 Å². The number of rotatable bonds is 2. The van der Waals surface area contributed by atoms with E-state index in [0.29, 0.717) is 5.92 Å². The minimum atomic E-state index is 0.662. The van der Waals surface area contributed by atoms with Gasteiger partial charge >= 0.3 is 0 Å². The Labute approximate surface area is 129 Å². The van der Waals surface area contributed by atoms with Crippen molar-refractivity contribution in [1.29, 1.82) is 0 Å². The Morgan fingerprint density at radius 1 is 1.29 bits per heavy atom. The van der Waals surface area contributed by atoms with Gasteiger partial charge in [-0.05, 0) is 19.8 Å². The molecule has 0 amide bonds. The van der Waals surface area contributed by atoms with Crippen molar-refractivity contribution in [3.05, 3.63) is 28.0 Å². The Morgan fingerprint density at radius 3 is 2.90 bits per heavy atom. The van der Waals surface area contributed by atoms with Crippen molar-refractivity contribution >= 4 is 11.3 Å². The van der Waals surface area contributed by atoms with Gasteiger partial charge < -0.3 is 5.32 Å². The van der Waals surface area contributed by atoms with Crippen LogP contribution in [0, 0.1) is 6.92 Å². The van der Waals surface area contributed by atoms with E-state index in [9.17, 15) is 0 Å². The quantitative estimate of drug-likeness (QED) is 0.925. The van der Waals surface area contributed by atoms with Gasteiger partial charge in [-0.25, -0.2) is 9.67 Å². The molecule has 0 aromatic carbocycles. The topological polar surface area (TPSA) is 42.7 Å². The Balaban J connectivity index is 1.78. The Morgan fingerprint density at radius 2 is 2.14 bits per heavy atom. The summed E-state index contributed by atoms with van der Waals surface area (Å²) in [6.07, 6.45) is 7.78. The Kier molecular flexibility index (Phi) is 3.55. The molecule has 5 heteroatoms. The summed E-state index contributed by atoms with van der Waals surface area (Å²) < 4.78 is 2.14. The lowest BCUT2D eigenvalue weighted by Crippen LogP contribution is -2.25. The number of fused-ring (bicyclic) bond motifs is 1. The molecule has 1 aliphatic heterocycles. The zero-order valence-electron chi connectivity index (χ0n) is 12.6. The molecule has 0 bridgehead atoms. The van der Waals surface area contributed by atoms with Crippen molar-refractivity contribution in [3.63, 3.8) is 0 Å². The third-order valence-corrected chi connectivity index (χ3v) is 5.68. The minimum absolute atomic E-state index is 0.662. The van der Waals surface area contributed by atoms with Gasteiger partial charge in [0.25, 0.3) is 0 Å². The molecular formula is C16H22N4S. The molecule has 1 aliphatic carbocycles. The zero-order chi connectivity index (χ0) is 14.2. The number of aryl methyl sites for hydroxylation is 1. The van der Waals surface area contributed by atoms with E-state index in [1.54, 1.807) is 11.3 Å². The predicted molar refractivity (Wildman–Crippen MR) is 85.2 cm³/mol. The molecule has 0 radical (unpaired) electrons. The van der Waals surface area contributed by atoms with Crippen molar-refractivity contribution in [3.8, 4) is 5.13 Å². The monoisotopic (exact) mass is 302 g/mol. The molecular weight excluding hydrogens is 280 g/mol. The molecule has 2 aliphatic rings. The van der Waals surface area contributed by atoms with E-state index in [2.05, 4.69) is 27.3 Å². The maximum absolute atomic E-state index is 5.02. The Hall–Kier alpha value is -1.20. The third-order valence-electron chi connectivity index (χ3n) is 4.74. The largest absolute Gasteiger partial charge is 0.312 e. The number of aromatic nitrogens is 3. The standard InChI is InChI=1S/C16H22N4S/c1-11-10-21-16(18-11)20-14-7-8-17-9-13(14)15(19-20)12-5-3-2-4-6-12/h10,12,17H,2-9H2,1H3. The van der Waals surface area contributed by atoms with Gasteiger partial charge in [-0.3, -0.25) is 0 Å². The Bertz CT molecular complexity index is 637. The van der Waals surface area contributed by atoms with Crippen molar-refractivity contribution < 1.29 is 0 Å². The molecule has 0 unspecified atom stereocenters. The summed E-state index contributed by atoms with van der Waals surface area (Å²) >= 11 is 1.70. The molecule has 112 valence electrons. The van der Waals surface area contributed by atoms with Crippen LogP contribution in [-0.2, 0) is 13.0 Å². The number of hydrogen-bond donors (Lipinski definition) is 1. The first-order chi connectivity index (χ1) is 10.3. The molecule has 3 heterocycles. The summed E-state index contributed by atoms with van der Waals surface area (Å²) in [5, 5.41) is 11.7. The van der Waals surface area contributed by atoms with Gasteiger partial charge in [0.15, 0.2) is 0 Å². The third kappa shape index (κ3) is 2.42. The van der Waals surface area contributed by atoms with E-state index in [1.807, 2.05) is 0 Å². The van der Waals surface area contributed by atoms with Crippen LogP contribution in [0.4, 0.5) is 0 Å². The highest BCUT2D eigenvalue weighted by molar-refractivity contribution is 7.12. The van der Waals surface area contributed by atoms with E-state index in [-0.39, 0.29) is 0 Å². The second-order valence-corrected chi connectivity index (χ2v) is 7.09. The smallest absolute Gasteiger partial charge is 0.210 e. The van der Waals surface area contributed by atoms with Crippen LogP contribution in [0.2, 0.25) is 0 Å². The molecule has 4 rings (SSSR count). The highest BCUT2D eigenvalue weighted by atomic mass is 32.1. The molecule has 1 fully saturated rings. The van der Waals surface area contributed by atoms with E-state index in [0.717, 1.165) is 30.3 Å². The van der Waals surface area contributed by atoms with E-state index in [4.69, 9.17) is 5.10 Å². The van der Waals surface area contributed by atoms with Crippen LogP contribution < -0.4 is 5.32 Å². The van der Waals surface area contributed by atoms with Crippen LogP contribution >= 0.6 is 11.3 Å². The maximum Gasteiger partial charge on any atom is 0.210 e. The van der Waals surface area contributed by atoms with Crippen LogP contribution in [0.5, 0.6) is 0 Å². The van der Waals surface area contributed by atoms with Gasteiger partial charge in [-0.15, -0.1) is 11.3 Å². The first-order valence-corrected chi connectivity index (χ1v) is 8.95. The fourth-order valence-corrected chi connectivity index (χ4v) is 4.45. The lowest BCUT2D eigenvalue weighted by Gasteiger charge is -2.22. The number of thiazole rings is 1. The molecule has 0 atom stereocenters. The first kappa shape index (κ1) is 13.5. The summed E-state index contributed by atoms with van der Waals surface area (Å²) in [7, 11) is 0. The van der Waals surface area contributed by atoms with Gasteiger partial charge in [0.2, 0.25) is 5.13 Å². The van der Waals surface area contributed by atoms with E-state index >= 15 is 0 Å². The normalized spacial score (nSPS) is 19.7. The van der Waals surface area contributed by atoms with Crippen molar-refractivity contribution in [2.24, 2.45) is 0 Å². The van der Waals surface area contributed by atoms with Crippen molar-refractivity contribution in [2.75, 3.05) is 6.54 Å². The predicted octanol–water partition coefficient (Wildman–Crippen LogP) is 3.33. The molecule has 0 spiro atoms. The zero-order valence-corrected chi connectivity index (χ0v) is 13.4. The van der Waals surface area contributed by atoms with Crippen LogP contribution in [0.1, 0.15) is 60.7 Å². The maximum atomic E-state index is 5.02. The van der Waals surface area contributed by atoms with Gasteiger partial charge in [-0.2, -0.15) is 5.10 Å². The van der Waals surface area contributed by atoms with Crippen LogP contribution in [0.25, 0.3) is 5.13 Å². The van der Waals surface area contributed by atoms with E-state index < -0.39 is 0 Å². The highest BCUT2D eigenvalue weighted by Crippen LogP contribution is 2.36. The summed E-state index contributed by atoms with van der Waals surface area (Å²) in [6, 6.07) is 0. The van der Waals surface area contributed by atoms with Crippen LogP contribution in [0.3, 0.4) is 0 Å². The molecule has 2 aromatic heterocycles. The summed E-state index contributed by atoms with van der Waals surface area (Å²) in [4.78, 5) is 4.65. The molecule has 21 heavy (non-hydrogen) atoms. The fourth-order valence-electron chi connectivity index (χ4n) is 3.67.